The summed E-state index contributed by atoms with van der Waals surface area (Å²) in [6.45, 7) is 7.13. The van der Waals surface area contributed by atoms with E-state index in [0.29, 0.717) is 6.04 Å². The molecule has 1 aliphatic rings. The van der Waals surface area contributed by atoms with Crippen LogP contribution >= 0.6 is 11.8 Å². The Bertz CT molecular complexity index is 467. The van der Waals surface area contributed by atoms with Gasteiger partial charge in [0, 0.05) is 42.4 Å². The molecule has 1 aliphatic heterocycles. The van der Waals surface area contributed by atoms with Crippen LogP contribution in [0.4, 0.5) is 5.69 Å². The van der Waals surface area contributed by atoms with Crippen LogP contribution in [0.15, 0.2) is 41.8 Å². The number of amides is 1. The van der Waals surface area contributed by atoms with Crippen molar-refractivity contribution >= 4 is 23.4 Å². The lowest BCUT2D eigenvalue weighted by molar-refractivity contribution is -0.129. The zero-order valence-electron chi connectivity index (χ0n) is 12.0. The monoisotopic (exact) mass is 290 g/mol. The van der Waals surface area contributed by atoms with Gasteiger partial charge in [-0.3, -0.25) is 4.79 Å². The first-order valence-corrected chi connectivity index (χ1v) is 8.04. The maximum Gasteiger partial charge on any atom is 0.219 e. The summed E-state index contributed by atoms with van der Waals surface area (Å²) in [7, 11) is 0. The lowest BCUT2D eigenvalue weighted by atomic mass is 10.0. The van der Waals surface area contributed by atoms with Crippen LogP contribution in [0.5, 0.6) is 0 Å². The largest absolute Gasteiger partial charge is 0.381 e. The molecule has 0 unspecified atom stereocenters. The SMILES string of the molecule is C=CCSc1ccccc1NC1CCN(C(C)=O)CC1. The normalized spacial score (nSPS) is 15.9. The van der Waals surface area contributed by atoms with Gasteiger partial charge < -0.3 is 10.2 Å². The van der Waals surface area contributed by atoms with Crippen LogP contribution in [-0.4, -0.2) is 35.7 Å². The number of nitrogens with one attached hydrogen (secondary N) is 1. The van der Waals surface area contributed by atoms with Crippen molar-refractivity contribution in [3.05, 3.63) is 36.9 Å². The Morgan fingerprint density at radius 3 is 2.80 bits per heavy atom. The Morgan fingerprint density at radius 1 is 1.45 bits per heavy atom. The van der Waals surface area contributed by atoms with E-state index in [4.69, 9.17) is 0 Å². The van der Waals surface area contributed by atoms with Crippen LogP contribution in [0.3, 0.4) is 0 Å². The van der Waals surface area contributed by atoms with Crippen LogP contribution in [0.2, 0.25) is 0 Å². The number of anilines is 1. The predicted octanol–water partition coefficient (Wildman–Crippen LogP) is 3.39. The van der Waals surface area contributed by atoms with Gasteiger partial charge in [0.05, 0.1) is 0 Å². The van der Waals surface area contributed by atoms with Crippen molar-refractivity contribution in [2.75, 3.05) is 24.2 Å². The maximum atomic E-state index is 11.3. The standard InChI is InChI=1S/C16H22N2OS/c1-3-12-20-16-7-5-4-6-15(16)17-14-8-10-18(11-9-14)13(2)19/h3-7,14,17H,1,8-12H2,2H3. The lowest BCUT2D eigenvalue weighted by Crippen LogP contribution is -2.41. The highest BCUT2D eigenvalue weighted by Gasteiger charge is 2.20. The minimum atomic E-state index is 0.186. The van der Waals surface area contributed by atoms with Crippen molar-refractivity contribution in [2.24, 2.45) is 0 Å². The Kier molecular flexibility index (Phi) is 5.53. The topological polar surface area (TPSA) is 32.3 Å². The number of likely N-dealkylation sites (tertiary alicyclic amines) is 1. The van der Waals surface area contributed by atoms with Crippen molar-refractivity contribution in [2.45, 2.75) is 30.7 Å². The Hall–Kier alpha value is -1.42. The summed E-state index contributed by atoms with van der Waals surface area (Å²) in [6, 6.07) is 8.85. The van der Waals surface area contributed by atoms with Crippen molar-refractivity contribution < 1.29 is 4.79 Å². The van der Waals surface area contributed by atoms with Crippen molar-refractivity contribution in [1.82, 2.24) is 4.90 Å². The fraction of sp³-hybridized carbons (Fsp3) is 0.438. The second-order valence-electron chi connectivity index (χ2n) is 5.02. The van der Waals surface area contributed by atoms with Crippen LogP contribution in [0.25, 0.3) is 0 Å². The molecule has 1 heterocycles. The molecule has 108 valence electrons. The van der Waals surface area contributed by atoms with E-state index >= 15 is 0 Å². The number of hydrogen-bond acceptors (Lipinski definition) is 3. The summed E-state index contributed by atoms with van der Waals surface area (Å²) >= 11 is 1.80. The summed E-state index contributed by atoms with van der Waals surface area (Å²) in [5, 5.41) is 3.62. The number of piperidine rings is 1. The van der Waals surface area contributed by atoms with Gasteiger partial charge >= 0.3 is 0 Å². The molecule has 0 radical (unpaired) electrons. The van der Waals surface area contributed by atoms with E-state index in [1.165, 1.54) is 10.6 Å². The fourth-order valence-corrected chi connectivity index (χ4v) is 3.17. The Balaban J connectivity index is 1.94. The average Bonchev–Trinajstić information content (AvgIpc) is 2.47. The summed E-state index contributed by atoms with van der Waals surface area (Å²) in [6.07, 6.45) is 3.95. The highest BCUT2D eigenvalue weighted by molar-refractivity contribution is 7.99. The first-order chi connectivity index (χ1) is 9.70. The van der Waals surface area contributed by atoms with E-state index in [1.807, 2.05) is 11.0 Å². The van der Waals surface area contributed by atoms with Gasteiger partial charge in [-0.25, -0.2) is 0 Å². The zero-order chi connectivity index (χ0) is 14.4. The molecule has 20 heavy (non-hydrogen) atoms. The minimum absolute atomic E-state index is 0.186. The number of para-hydroxylation sites is 1. The number of benzene rings is 1. The molecule has 0 spiro atoms. The third-order valence-electron chi connectivity index (χ3n) is 3.54. The van der Waals surface area contributed by atoms with Gasteiger partial charge in [-0.15, -0.1) is 18.3 Å². The fourth-order valence-electron chi connectivity index (χ4n) is 2.42. The molecule has 1 aromatic carbocycles. The van der Waals surface area contributed by atoms with Crippen molar-refractivity contribution in [3.63, 3.8) is 0 Å². The molecule has 0 aromatic heterocycles. The molecule has 1 aromatic rings. The van der Waals surface area contributed by atoms with E-state index < -0.39 is 0 Å². The first-order valence-electron chi connectivity index (χ1n) is 7.05. The molecule has 0 atom stereocenters. The molecule has 1 N–H and O–H groups in total. The zero-order valence-corrected chi connectivity index (χ0v) is 12.8. The van der Waals surface area contributed by atoms with Gasteiger partial charge in [0.2, 0.25) is 5.91 Å². The van der Waals surface area contributed by atoms with Crippen molar-refractivity contribution in [3.8, 4) is 0 Å². The van der Waals surface area contributed by atoms with Gasteiger partial charge in [-0.05, 0) is 25.0 Å². The van der Waals surface area contributed by atoms with Gasteiger partial charge in [0.25, 0.3) is 0 Å². The molecule has 0 bridgehead atoms. The third-order valence-corrected chi connectivity index (χ3v) is 4.61. The lowest BCUT2D eigenvalue weighted by Gasteiger charge is -2.32. The highest BCUT2D eigenvalue weighted by Crippen LogP contribution is 2.28. The molecule has 3 nitrogen and oxygen atoms in total. The van der Waals surface area contributed by atoms with Crippen LogP contribution in [-0.2, 0) is 4.79 Å². The van der Waals surface area contributed by atoms with Gasteiger partial charge in [0.15, 0.2) is 0 Å². The predicted molar refractivity (Wildman–Crippen MR) is 86.3 cm³/mol. The maximum absolute atomic E-state index is 11.3. The van der Waals surface area contributed by atoms with E-state index in [1.54, 1.807) is 18.7 Å². The number of nitrogens with zero attached hydrogens (tertiary/aromatic N) is 1. The average molecular weight is 290 g/mol. The van der Waals surface area contributed by atoms with Gasteiger partial charge in [-0.2, -0.15) is 0 Å². The Morgan fingerprint density at radius 2 is 2.15 bits per heavy atom. The Labute approximate surface area is 125 Å². The molecular weight excluding hydrogens is 268 g/mol. The van der Waals surface area contributed by atoms with E-state index in [-0.39, 0.29) is 5.91 Å². The molecule has 1 fully saturated rings. The third kappa shape index (κ3) is 4.04. The van der Waals surface area contributed by atoms with Crippen LogP contribution in [0, 0.1) is 0 Å². The number of hydrogen-bond donors (Lipinski definition) is 1. The molecule has 0 saturated carbocycles. The van der Waals surface area contributed by atoms with E-state index in [2.05, 4.69) is 36.2 Å². The smallest absolute Gasteiger partial charge is 0.219 e. The second-order valence-corrected chi connectivity index (χ2v) is 6.08. The van der Waals surface area contributed by atoms with E-state index in [0.717, 1.165) is 31.7 Å². The summed E-state index contributed by atoms with van der Waals surface area (Å²) in [5.41, 5.74) is 1.20. The summed E-state index contributed by atoms with van der Waals surface area (Å²) in [5.74, 6) is 1.10. The van der Waals surface area contributed by atoms with Gasteiger partial charge in [0.1, 0.15) is 0 Å². The quantitative estimate of drug-likeness (QED) is 0.666. The second kappa shape index (κ2) is 7.39. The van der Waals surface area contributed by atoms with Crippen molar-refractivity contribution in [1.29, 1.82) is 0 Å². The number of carbonyl (C=O) groups excluding carboxylic acids is 1. The molecule has 1 saturated heterocycles. The number of thioether (sulfide) groups is 1. The summed E-state index contributed by atoms with van der Waals surface area (Å²) < 4.78 is 0. The number of rotatable bonds is 5. The minimum Gasteiger partial charge on any atom is -0.381 e. The van der Waals surface area contributed by atoms with Gasteiger partial charge in [-0.1, -0.05) is 18.2 Å². The molecular formula is C16H22N2OS. The molecule has 4 heteroatoms. The number of carbonyl (C=O) groups is 1. The van der Waals surface area contributed by atoms with E-state index in [9.17, 15) is 4.79 Å². The van der Waals surface area contributed by atoms with Crippen LogP contribution in [0.1, 0.15) is 19.8 Å². The molecule has 2 rings (SSSR count). The molecule has 0 aliphatic carbocycles. The highest BCUT2D eigenvalue weighted by atomic mass is 32.2. The summed E-state index contributed by atoms with van der Waals surface area (Å²) in [4.78, 5) is 14.5. The molecule has 1 amide bonds. The first kappa shape index (κ1) is 15.0. The van der Waals surface area contributed by atoms with Crippen LogP contribution < -0.4 is 5.32 Å².